The quantitative estimate of drug-likeness (QED) is 0.465. The molecule has 33 heavy (non-hydrogen) atoms. The van der Waals surface area contributed by atoms with Gasteiger partial charge in [0.15, 0.2) is 12.4 Å². The van der Waals surface area contributed by atoms with E-state index in [0.717, 1.165) is 12.0 Å². The Morgan fingerprint density at radius 3 is 2.61 bits per heavy atom. The van der Waals surface area contributed by atoms with E-state index in [1.165, 1.54) is 5.57 Å². The number of allylic oxidation sites excluding steroid dienone is 6. The predicted octanol–water partition coefficient (Wildman–Crippen LogP) is 3.17. The molecule has 0 aromatic rings. The Morgan fingerprint density at radius 1 is 1.18 bits per heavy atom. The van der Waals surface area contributed by atoms with Gasteiger partial charge in [0, 0.05) is 10.8 Å². The number of fused-ring (bicyclic) bond motifs is 5. The highest BCUT2D eigenvalue weighted by Crippen LogP contribution is 2.65. The average molecular weight is 457 g/mol. The van der Waals surface area contributed by atoms with Crippen LogP contribution in [0.1, 0.15) is 59.3 Å². The van der Waals surface area contributed by atoms with Crippen LogP contribution >= 0.6 is 0 Å². The Balaban J connectivity index is 1.56. The van der Waals surface area contributed by atoms with E-state index < -0.39 is 35.3 Å². The summed E-state index contributed by atoms with van der Waals surface area (Å²) in [5, 5.41) is 20.3. The lowest BCUT2D eigenvalue weighted by molar-refractivity contribution is -0.164. The van der Waals surface area contributed by atoms with Crippen molar-refractivity contribution in [1.29, 1.82) is 0 Å². The zero-order chi connectivity index (χ0) is 24.2. The van der Waals surface area contributed by atoms with Crippen LogP contribution in [-0.2, 0) is 23.9 Å². The van der Waals surface area contributed by atoms with Gasteiger partial charge in [-0.2, -0.15) is 0 Å². The summed E-state index contributed by atoms with van der Waals surface area (Å²) in [4.78, 5) is 47.5. The second kappa shape index (κ2) is 8.05. The van der Waals surface area contributed by atoms with E-state index in [1.54, 1.807) is 12.2 Å². The molecule has 4 rings (SSSR count). The van der Waals surface area contributed by atoms with Gasteiger partial charge < -0.3 is 14.9 Å². The summed E-state index contributed by atoms with van der Waals surface area (Å²) in [6.45, 7) is 5.70. The number of carboxylic acids is 1. The molecule has 0 heterocycles. The van der Waals surface area contributed by atoms with Crippen LogP contribution in [0.2, 0.25) is 0 Å². The number of aliphatic carboxylic acids is 1. The van der Waals surface area contributed by atoms with Gasteiger partial charge in [0.1, 0.15) is 5.60 Å². The molecule has 7 heteroatoms. The first-order valence-corrected chi connectivity index (χ1v) is 11.7. The normalized spacial score (nSPS) is 39.0. The minimum absolute atomic E-state index is 0.0211. The summed E-state index contributed by atoms with van der Waals surface area (Å²) < 4.78 is 5.00. The molecule has 0 bridgehead atoms. The van der Waals surface area contributed by atoms with Crippen molar-refractivity contribution in [3.63, 3.8) is 0 Å². The molecule has 2 saturated carbocycles. The molecule has 0 aromatic heterocycles. The van der Waals surface area contributed by atoms with Crippen molar-refractivity contribution in [2.24, 2.45) is 28.6 Å². The molecular formula is C26H32O7. The van der Waals surface area contributed by atoms with E-state index in [4.69, 9.17) is 9.84 Å². The van der Waals surface area contributed by atoms with Gasteiger partial charge in [-0.3, -0.25) is 19.2 Å². The highest BCUT2D eigenvalue weighted by Gasteiger charge is 2.64. The topological polar surface area (TPSA) is 118 Å². The number of carbonyl (C=O) groups excluding carboxylic acids is 3. The van der Waals surface area contributed by atoms with E-state index >= 15 is 0 Å². The fourth-order valence-electron chi connectivity index (χ4n) is 6.94. The zero-order valence-corrected chi connectivity index (χ0v) is 19.4. The van der Waals surface area contributed by atoms with Gasteiger partial charge in [0.25, 0.3) is 0 Å². The highest BCUT2D eigenvalue weighted by atomic mass is 16.5. The molecule has 0 saturated heterocycles. The maximum Gasteiger partial charge on any atom is 0.306 e. The lowest BCUT2D eigenvalue weighted by Gasteiger charge is -2.55. The third kappa shape index (κ3) is 3.61. The minimum Gasteiger partial charge on any atom is -0.481 e. The van der Waals surface area contributed by atoms with Crippen LogP contribution in [-0.4, -0.2) is 45.9 Å². The van der Waals surface area contributed by atoms with Gasteiger partial charge in [-0.15, -0.1) is 0 Å². The number of rotatable bonds is 6. The standard InChI is InChI=1S/C26H32O7/c1-15-12-17-18(24(2)9-6-16(27)13-20(15)24)7-10-25(3)19(17)8-11-26(25,32)21(28)14-33-23(31)5-4-22(29)30/h6-7,9,13,15,17,19,32H,4-5,8,10-12,14H2,1-3H3,(H,29,30)/t15-,17?,19?,24+,25-,26-/m0/s1. The number of Topliss-reactive ketones (excluding diaryl/α,β-unsaturated/α-hetero) is 1. The molecule has 4 aliphatic carbocycles. The fourth-order valence-corrected chi connectivity index (χ4v) is 6.94. The maximum atomic E-state index is 13.1. The smallest absolute Gasteiger partial charge is 0.306 e. The third-order valence-corrected chi connectivity index (χ3v) is 8.80. The molecule has 0 aliphatic heterocycles. The van der Waals surface area contributed by atoms with Crippen molar-refractivity contribution in [3.8, 4) is 0 Å². The summed E-state index contributed by atoms with van der Waals surface area (Å²) in [5.74, 6) is -1.86. The number of esters is 1. The molecule has 0 amide bonds. The fraction of sp³-hybridized carbons (Fsp3) is 0.615. The van der Waals surface area contributed by atoms with Crippen molar-refractivity contribution in [2.75, 3.05) is 6.61 Å². The van der Waals surface area contributed by atoms with E-state index in [2.05, 4.69) is 19.9 Å². The van der Waals surface area contributed by atoms with E-state index in [1.807, 2.05) is 13.0 Å². The van der Waals surface area contributed by atoms with Gasteiger partial charge in [0.05, 0.1) is 12.8 Å². The van der Waals surface area contributed by atoms with Crippen molar-refractivity contribution in [2.45, 2.75) is 64.9 Å². The van der Waals surface area contributed by atoms with Gasteiger partial charge in [-0.25, -0.2) is 0 Å². The average Bonchev–Trinajstić information content (AvgIpc) is 3.04. The van der Waals surface area contributed by atoms with Gasteiger partial charge in [-0.05, 0) is 68.1 Å². The summed E-state index contributed by atoms with van der Waals surface area (Å²) in [6.07, 6.45) is 9.28. The van der Waals surface area contributed by atoms with Crippen LogP contribution < -0.4 is 0 Å². The highest BCUT2D eigenvalue weighted by molar-refractivity contribution is 6.01. The van der Waals surface area contributed by atoms with Crippen LogP contribution in [0.3, 0.4) is 0 Å². The van der Waals surface area contributed by atoms with Crippen molar-refractivity contribution >= 4 is 23.5 Å². The number of ketones is 2. The summed E-state index contributed by atoms with van der Waals surface area (Å²) in [6, 6.07) is 0. The number of aliphatic hydroxyl groups is 1. The van der Waals surface area contributed by atoms with Gasteiger partial charge >= 0.3 is 11.9 Å². The first-order valence-electron chi connectivity index (χ1n) is 11.7. The predicted molar refractivity (Wildman–Crippen MR) is 119 cm³/mol. The Bertz CT molecular complexity index is 1000. The van der Waals surface area contributed by atoms with Crippen LogP contribution in [0.25, 0.3) is 0 Å². The second-order valence-corrected chi connectivity index (χ2v) is 10.5. The van der Waals surface area contributed by atoms with Crippen LogP contribution in [0.15, 0.2) is 35.5 Å². The first kappa shape index (κ1) is 23.6. The van der Waals surface area contributed by atoms with Crippen molar-refractivity contribution in [3.05, 3.63) is 35.5 Å². The Morgan fingerprint density at radius 2 is 1.91 bits per heavy atom. The molecular weight excluding hydrogens is 424 g/mol. The summed E-state index contributed by atoms with van der Waals surface area (Å²) >= 11 is 0. The second-order valence-electron chi connectivity index (χ2n) is 10.5. The van der Waals surface area contributed by atoms with E-state index in [-0.39, 0.29) is 41.8 Å². The minimum atomic E-state index is -1.61. The number of hydrogen-bond acceptors (Lipinski definition) is 6. The number of ether oxygens (including phenoxy) is 1. The number of carbonyl (C=O) groups is 4. The number of carboxylic acid groups (broad SMARTS) is 1. The SMILES string of the molecule is C[C@H]1CC2C(=CC[C@@]3(C)C2CC[C@]3(O)C(=O)COC(=O)CCC(=O)O)[C@@]2(C)C=CC(=O)C=C12. The van der Waals surface area contributed by atoms with Gasteiger partial charge in [-0.1, -0.05) is 31.6 Å². The Kier molecular flexibility index (Phi) is 5.76. The molecule has 2 unspecified atom stereocenters. The molecule has 7 nitrogen and oxygen atoms in total. The van der Waals surface area contributed by atoms with Crippen LogP contribution in [0.5, 0.6) is 0 Å². The Hall–Kier alpha value is -2.54. The molecule has 2 fully saturated rings. The monoisotopic (exact) mass is 456 g/mol. The summed E-state index contributed by atoms with van der Waals surface area (Å²) in [7, 11) is 0. The van der Waals surface area contributed by atoms with Gasteiger partial charge in [0.2, 0.25) is 5.78 Å². The molecule has 0 aromatic carbocycles. The zero-order valence-electron chi connectivity index (χ0n) is 19.4. The largest absolute Gasteiger partial charge is 0.481 e. The van der Waals surface area contributed by atoms with E-state index in [9.17, 15) is 24.3 Å². The maximum absolute atomic E-state index is 13.1. The molecule has 0 spiro atoms. The molecule has 4 aliphatic rings. The van der Waals surface area contributed by atoms with E-state index in [0.29, 0.717) is 19.3 Å². The lowest BCUT2D eigenvalue weighted by Crippen LogP contribution is -2.56. The molecule has 6 atom stereocenters. The summed E-state index contributed by atoms with van der Waals surface area (Å²) in [5.41, 5.74) is -0.196. The Labute approximate surface area is 193 Å². The first-order chi connectivity index (χ1) is 15.4. The molecule has 2 N–H and O–H groups in total. The lowest BCUT2D eigenvalue weighted by atomic mass is 9.49. The number of hydrogen-bond donors (Lipinski definition) is 2. The molecule has 178 valence electrons. The molecule has 0 radical (unpaired) electrons. The van der Waals surface area contributed by atoms with Crippen LogP contribution in [0.4, 0.5) is 0 Å². The third-order valence-electron chi connectivity index (χ3n) is 8.80. The van der Waals surface area contributed by atoms with Crippen molar-refractivity contribution in [1.82, 2.24) is 0 Å². The van der Waals surface area contributed by atoms with Crippen molar-refractivity contribution < 1.29 is 34.1 Å². The van der Waals surface area contributed by atoms with Crippen LogP contribution in [0, 0.1) is 28.6 Å².